The molecule has 33 heavy (non-hydrogen) atoms. The van der Waals surface area contributed by atoms with E-state index in [1.165, 1.54) is 16.7 Å². The molecule has 0 saturated carbocycles. The van der Waals surface area contributed by atoms with Crippen molar-refractivity contribution in [1.82, 2.24) is 10.6 Å². The molecule has 180 valence electrons. The minimum atomic E-state index is -0.232. The molecule has 6 nitrogen and oxygen atoms in total. The normalized spacial score (nSPS) is 20.2. The Labute approximate surface area is 214 Å². The number of rotatable bonds is 6. The summed E-state index contributed by atoms with van der Waals surface area (Å²) in [5, 5.41) is 7.06. The zero-order valence-electron chi connectivity index (χ0n) is 19.8. The van der Waals surface area contributed by atoms with Crippen LogP contribution < -0.4 is 15.4 Å². The Morgan fingerprint density at radius 2 is 1.85 bits per heavy atom. The molecule has 0 aromatic heterocycles. The van der Waals surface area contributed by atoms with Crippen LogP contribution in [0, 0.1) is 0 Å². The van der Waals surface area contributed by atoms with E-state index in [2.05, 4.69) is 65.9 Å². The number of nitrogens with one attached hydrogen (secondary N) is 2. The monoisotopic (exact) mass is 565 g/mol. The zero-order chi connectivity index (χ0) is 22.4. The molecular formula is C26H36IN3O3. The second kappa shape index (κ2) is 12.0. The first kappa shape index (κ1) is 25.8. The van der Waals surface area contributed by atoms with Gasteiger partial charge in [-0.25, -0.2) is 0 Å². The van der Waals surface area contributed by atoms with Gasteiger partial charge in [-0.3, -0.25) is 4.99 Å². The average Bonchev–Trinajstić information content (AvgIpc) is 2.80. The lowest BCUT2D eigenvalue weighted by Gasteiger charge is -2.38. The van der Waals surface area contributed by atoms with Crippen LogP contribution in [-0.4, -0.2) is 37.9 Å². The molecule has 1 unspecified atom stereocenters. The van der Waals surface area contributed by atoms with Gasteiger partial charge in [0.1, 0.15) is 11.4 Å². The van der Waals surface area contributed by atoms with Crippen LogP contribution in [0.25, 0.3) is 0 Å². The Bertz CT molecular complexity index is 929. The number of benzene rings is 2. The van der Waals surface area contributed by atoms with Gasteiger partial charge in [-0.05, 0) is 43.9 Å². The topological polar surface area (TPSA) is 64.1 Å². The Morgan fingerprint density at radius 1 is 1.09 bits per heavy atom. The number of guanidine groups is 1. The van der Waals surface area contributed by atoms with Crippen molar-refractivity contribution in [3.8, 4) is 5.75 Å². The second-order valence-electron chi connectivity index (χ2n) is 9.17. The Hall–Kier alpha value is -1.84. The van der Waals surface area contributed by atoms with Crippen molar-refractivity contribution < 1.29 is 14.2 Å². The van der Waals surface area contributed by atoms with Gasteiger partial charge < -0.3 is 24.8 Å². The second-order valence-corrected chi connectivity index (χ2v) is 9.17. The van der Waals surface area contributed by atoms with Gasteiger partial charge in [-0.1, -0.05) is 42.5 Å². The number of fused-ring (bicyclic) bond motifs is 1. The average molecular weight is 565 g/mol. The van der Waals surface area contributed by atoms with Crippen molar-refractivity contribution in [2.45, 2.75) is 64.0 Å². The Kier molecular flexibility index (Phi) is 9.40. The summed E-state index contributed by atoms with van der Waals surface area (Å²) in [5.41, 5.74) is 3.33. The van der Waals surface area contributed by atoms with Crippen molar-refractivity contribution in [2.24, 2.45) is 4.99 Å². The zero-order valence-corrected chi connectivity index (χ0v) is 22.1. The van der Waals surface area contributed by atoms with Gasteiger partial charge in [0, 0.05) is 38.8 Å². The summed E-state index contributed by atoms with van der Waals surface area (Å²) in [5.74, 6) is 1.72. The molecule has 1 fully saturated rings. The summed E-state index contributed by atoms with van der Waals surface area (Å²) >= 11 is 0. The number of hydrogen-bond donors (Lipinski definition) is 2. The SMILES string of the molecule is CN=C(NCc1cccc(COC2CCOCC2)c1)NC1CC(C)(C)Oc2ccccc21.I. The molecule has 2 aliphatic rings. The van der Waals surface area contributed by atoms with E-state index >= 15 is 0 Å². The molecule has 0 radical (unpaired) electrons. The van der Waals surface area contributed by atoms with Gasteiger partial charge in [0.15, 0.2) is 5.96 Å². The van der Waals surface area contributed by atoms with E-state index in [0.29, 0.717) is 19.3 Å². The third-order valence-corrected chi connectivity index (χ3v) is 6.02. The molecule has 2 aromatic carbocycles. The van der Waals surface area contributed by atoms with E-state index in [4.69, 9.17) is 14.2 Å². The van der Waals surface area contributed by atoms with Crippen LogP contribution in [-0.2, 0) is 22.6 Å². The fraction of sp³-hybridized carbons (Fsp3) is 0.500. The molecule has 0 amide bonds. The van der Waals surface area contributed by atoms with Crippen molar-refractivity contribution in [3.05, 3.63) is 65.2 Å². The molecule has 2 aromatic rings. The predicted molar refractivity (Wildman–Crippen MR) is 142 cm³/mol. The van der Waals surface area contributed by atoms with Crippen molar-refractivity contribution >= 4 is 29.9 Å². The minimum absolute atomic E-state index is 0. The van der Waals surface area contributed by atoms with Gasteiger partial charge >= 0.3 is 0 Å². The first-order chi connectivity index (χ1) is 15.5. The molecule has 0 bridgehead atoms. The molecule has 0 spiro atoms. The van der Waals surface area contributed by atoms with Gasteiger partial charge in [0.25, 0.3) is 0 Å². The third kappa shape index (κ3) is 7.32. The van der Waals surface area contributed by atoms with Crippen LogP contribution in [0.5, 0.6) is 5.75 Å². The Balaban J connectivity index is 0.00000306. The predicted octanol–water partition coefficient (Wildman–Crippen LogP) is 4.97. The highest BCUT2D eigenvalue weighted by atomic mass is 127. The molecular weight excluding hydrogens is 529 g/mol. The summed E-state index contributed by atoms with van der Waals surface area (Å²) in [7, 11) is 1.81. The van der Waals surface area contributed by atoms with E-state index in [1.807, 2.05) is 19.2 Å². The number of ether oxygens (including phenoxy) is 3. The van der Waals surface area contributed by atoms with E-state index in [-0.39, 0.29) is 35.6 Å². The number of para-hydroxylation sites is 1. The maximum Gasteiger partial charge on any atom is 0.191 e. The van der Waals surface area contributed by atoms with E-state index in [1.54, 1.807) is 0 Å². The van der Waals surface area contributed by atoms with Crippen LogP contribution in [0.4, 0.5) is 0 Å². The van der Waals surface area contributed by atoms with Crippen molar-refractivity contribution in [3.63, 3.8) is 0 Å². The van der Waals surface area contributed by atoms with Gasteiger partial charge in [-0.2, -0.15) is 0 Å². The highest BCUT2D eigenvalue weighted by Gasteiger charge is 2.33. The maximum atomic E-state index is 6.15. The molecule has 1 saturated heterocycles. The lowest BCUT2D eigenvalue weighted by atomic mass is 9.90. The standard InChI is InChI=1S/C26H35N3O3.HI/c1-26(2)16-23(22-9-4-5-10-24(22)32-26)29-25(27-3)28-17-19-7-6-8-20(15-19)18-31-21-11-13-30-14-12-21;/h4-10,15,21,23H,11-14,16-18H2,1-3H3,(H2,27,28,29);1H. The van der Waals surface area contributed by atoms with E-state index in [0.717, 1.165) is 44.2 Å². The van der Waals surface area contributed by atoms with Crippen molar-refractivity contribution in [1.29, 1.82) is 0 Å². The minimum Gasteiger partial charge on any atom is -0.487 e. The lowest BCUT2D eigenvalue weighted by molar-refractivity contribution is -0.0390. The smallest absolute Gasteiger partial charge is 0.191 e. The Morgan fingerprint density at radius 3 is 2.64 bits per heavy atom. The summed E-state index contributed by atoms with van der Waals surface area (Å²) in [4.78, 5) is 4.45. The number of hydrogen-bond acceptors (Lipinski definition) is 4. The summed E-state index contributed by atoms with van der Waals surface area (Å²) in [6.45, 7) is 7.19. The first-order valence-corrected chi connectivity index (χ1v) is 11.5. The van der Waals surface area contributed by atoms with Crippen LogP contribution in [0.1, 0.15) is 55.8 Å². The fourth-order valence-corrected chi connectivity index (χ4v) is 4.36. The molecule has 1 atom stereocenters. The van der Waals surface area contributed by atoms with Crippen LogP contribution in [0.3, 0.4) is 0 Å². The highest BCUT2D eigenvalue weighted by Crippen LogP contribution is 2.39. The molecule has 2 N–H and O–H groups in total. The number of aliphatic imine (C=N–C) groups is 1. The van der Waals surface area contributed by atoms with E-state index < -0.39 is 0 Å². The molecule has 2 heterocycles. The fourth-order valence-electron chi connectivity index (χ4n) is 4.36. The van der Waals surface area contributed by atoms with Crippen LogP contribution in [0.2, 0.25) is 0 Å². The molecule has 2 aliphatic heterocycles. The van der Waals surface area contributed by atoms with Gasteiger partial charge in [0.2, 0.25) is 0 Å². The lowest BCUT2D eigenvalue weighted by Crippen LogP contribution is -2.45. The van der Waals surface area contributed by atoms with Crippen LogP contribution in [0.15, 0.2) is 53.5 Å². The first-order valence-electron chi connectivity index (χ1n) is 11.5. The largest absolute Gasteiger partial charge is 0.487 e. The molecule has 0 aliphatic carbocycles. The number of nitrogens with zero attached hydrogens (tertiary/aromatic N) is 1. The van der Waals surface area contributed by atoms with Crippen LogP contribution >= 0.6 is 24.0 Å². The summed E-state index contributed by atoms with van der Waals surface area (Å²) in [6.07, 6.45) is 3.13. The summed E-state index contributed by atoms with van der Waals surface area (Å²) < 4.78 is 17.6. The quantitative estimate of drug-likeness (QED) is 0.295. The van der Waals surface area contributed by atoms with Gasteiger partial charge in [-0.15, -0.1) is 24.0 Å². The molecule has 4 rings (SSSR count). The van der Waals surface area contributed by atoms with Gasteiger partial charge in [0.05, 0.1) is 18.8 Å². The van der Waals surface area contributed by atoms with Crippen molar-refractivity contribution in [2.75, 3.05) is 20.3 Å². The molecule has 7 heteroatoms. The summed E-state index contributed by atoms with van der Waals surface area (Å²) in [6, 6.07) is 16.9. The number of halogens is 1. The maximum absolute atomic E-state index is 6.15. The highest BCUT2D eigenvalue weighted by molar-refractivity contribution is 14.0. The third-order valence-electron chi connectivity index (χ3n) is 6.02. The van der Waals surface area contributed by atoms with E-state index in [9.17, 15) is 0 Å².